The summed E-state index contributed by atoms with van der Waals surface area (Å²) in [6, 6.07) is 0. The first kappa shape index (κ1) is 14.8. The van der Waals surface area contributed by atoms with Crippen molar-refractivity contribution in [2.45, 2.75) is 51.4 Å². The van der Waals surface area contributed by atoms with Crippen molar-refractivity contribution in [3.63, 3.8) is 0 Å². The van der Waals surface area contributed by atoms with Crippen LogP contribution in [0.1, 0.15) is 39.5 Å². The van der Waals surface area contributed by atoms with Crippen molar-refractivity contribution in [1.82, 2.24) is 10.6 Å². The SMILES string of the molecule is CC1(C)OCC(CNC(=O)CCC2CCCNC2)O1. The molecule has 0 aliphatic carbocycles. The van der Waals surface area contributed by atoms with E-state index in [4.69, 9.17) is 9.47 Å². The van der Waals surface area contributed by atoms with Gasteiger partial charge in [-0.15, -0.1) is 0 Å². The standard InChI is InChI=1S/C14H26N2O3/c1-14(2)18-10-12(19-14)9-16-13(17)6-5-11-4-3-7-15-8-11/h11-12,15H,3-10H2,1-2H3,(H,16,17). The number of piperidine rings is 1. The van der Waals surface area contributed by atoms with Crippen LogP contribution in [-0.4, -0.2) is 44.0 Å². The van der Waals surface area contributed by atoms with Crippen LogP contribution >= 0.6 is 0 Å². The summed E-state index contributed by atoms with van der Waals surface area (Å²) < 4.78 is 11.1. The molecule has 2 aliphatic rings. The van der Waals surface area contributed by atoms with Crippen LogP contribution < -0.4 is 10.6 Å². The number of amides is 1. The molecule has 5 heteroatoms. The summed E-state index contributed by atoms with van der Waals surface area (Å²) in [5.41, 5.74) is 0. The molecular formula is C14H26N2O3. The van der Waals surface area contributed by atoms with Gasteiger partial charge in [0.2, 0.25) is 5.91 Å². The topological polar surface area (TPSA) is 59.6 Å². The third-order valence-corrected chi connectivity index (χ3v) is 3.77. The second kappa shape index (κ2) is 6.68. The molecule has 2 N–H and O–H groups in total. The summed E-state index contributed by atoms with van der Waals surface area (Å²) in [5, 5.41) is 6.31. The van der Waals surface area contributed by atoms with Gasteiger partial charge >= 0.3 is 0 Å². The van der Waals surface area contributed by atoms with Crippen LogP contribution in [0.3, 0.4) is 0 Å². The zero-order valence-corrected chi connectivity index (χ0v) is 12.0. The molecule has 2 atom stereocenters. The number of carbonyl (C=O) groups is 1. The number of ether oxygens (including phenoxy) is 2. The lowest BCUT2D eigenvalue weighted by atomic mass is 9.94. The summed E-state index contributed by atoms with van der Waals surface area (Å²) in [6.07, 6.45) is 4.05. The Hall–Kier alpha value is -0.650. The molecule has 1 amide bonds. The fourth-order valence-corrected chi connectivity index (χ4v) is 2.69. The lowest BCUT2D eigenvalue weighted by Gasteiger charge is -2.22. The van der Waals surface area contributed by atoms with Crippen LogP contribution in [0.2, 0.25) is 0 Å². The van der Waals surface area contributed by atoms with Gasteiger partial charge in [0.1, 0.15) is 6.10 Å². The molecule has 2 rings (SSSR count). The van der Waals surface area contributed by atoms with Crippen molar-refractivity contribution < 1.29 is 14.3 Å². The van der Waals surface area contributed by atoms with E-state index < -0.39 is 5.79 Å². The minimum atomic E-state index is -0.511. The number of nitrogens with one attached hydrogen (secondary N) is 2. The van der Waals surface area contributed by atoms with E-state index in [1.807, 2.05) is 13.8 Å². The molecule has 110 valence electrons. The van der Waals surface area contributed by atoms with Crippen LogP contribution in [0, 0.1) is 5.92 Å². The molecule has 2 unspecified atom stereocenters. The maximum atomic E-state index is 11.8. The molecule has 2 fully saturated rings. The number of rotatable bonds is 5. The van der Waals surface area contributed by atoms with E-state index in [2.05, 4.69) is 10.6 Å². The molecule has 2 heterocycles. The summed E-state index contributed by atoms with van der Waals surface area (Å²) >= 11 is 0. The van der Waals surface area contributed by atoms with Crippen molar-refractivity contribution in [2.24, 2.45) is 5.92 Å². The third-order valence-electron chi connectivity index (χ3n) is 3.77. The molecule has 5 nitrogen and oxygen atoms in total. The molecule has 0 bridgehead atoms. The van der Waals surface area contributed by atoms with Crippen LogP contribution in [-0.2, 0) is 14.3 Å². The normalized spacial score (nSPS) is 30.2. The molecule has 0 saturated carbocycles. The number of hydrogen-bond donors (Lipinski definition) is 2. The largest absolute Gasteiger partial charge is 0.353 e. The van der Waals surface area contributed by atoms with Gasteiger partial charge in [0.25, 0.3) is 0 Å². The van der Waals surface area contributed by atoms with Crippen molar-refractivity contribution in [1.29, 1.82) is 0 Å². The molecule has 2 saturated heterocycles. The van der Waals surface area contributed by atoms with E-state index in [9.17, 15) is 4.79 Å². The first-order valence-corrected chi connectivity index (χ1v) is 7.34. The highest BCUT2D eigenvalue weighted by atomic mass is 16.7. The van der Waals surface area contributed by atoms with E-state index >= 15 is 0 Å². The average molecular weight is 270 g/mol. The predicted molar refractivity (Wildman–Crippen MR) is 72.7 cm³/mol. The fourth-order valence-electron chi connectivity index (χ4n) is 2.69. The summed E-state index contributed by atoms with van der Waals surface area (Å²) in [4.78, 5) is 11.8. The van der Waals surface area contributed by atoms with E-state index in [-0.39, 0.29) is 12.0 Å². The molecule has 19 heavy (non-hydrogen) atoms. The Morgan fingerprint density at radius 3 is 2.95 bits per heavy atom. The van der Waals surface area contributed by atoms with Crippen molar-refractivity contribution in [3.8, 4) is 0 Å². The summed E-state index contributed by atoms with van der Waals surface area (Å²) in [5.74, 6) is 0.270. The summed E-state index contributed by atoms with van der Waals surface area (Å²) in [6.45, 7) is 7.07. The van der Waals surface area contributed by atoms with Crippen LogP contribution in [0.25, 0.3) is 0 Å². The van der Waals surface area contributed by atoms with Gasteiger partial charge in [0, 0.05) is 13.0 Å². The van der Waals surface area contributed by atoms with Crippen molar-refractivity contribution in [2.75, 3.05) is 26.2 Å². The highest BCUT2D eigenvalue weighted by Gasteiger charge is 2.32. The van der Waals surface area contributed by atoms with Gasteiger partial charge in [-0.05, 0) is 52.1 Å². The van der Waals surface area contributed by atoms with Gasteiger partial charge < -0.3 is 20.1 Å². The first-order valence-electron chi connectivity index (χ1n) is 7.34. The maximum Gasteiger partial charge on any atom is 0.220 e. The third kappa shape index (κ3) is 5.09. The van der Waals surface area contributed by atoms with Gasteiger partial charge in [-0.1, -0.05) is 0 Å². The highest BCUT2D eigenvalue weighted by Crippen LogP contribution is 2.21. The second-order valence-electron chi connectivity index (χ2n) is 6.01. The quantitative estimate of drug-likeness (QED) is 0.783. The fraction of sp³-hybridized carbons (Fsp3) is 0.929. The molecule has 2 aliphatic heterocycles. The first-order chi connectivity index (χ1) is 9.05. The lowest BCUT2D eigenvalue weighted by molar-refractivity contribution is -0.139. The van der Waals surface area contributed by atoms with Crippen molar-refractivity contribution in [3.05, 3.63) is 0 Å². The van der Waals surface area contributed by atoms with Gasteiger partial charge in [-0.3, -0.25) is 4.79 Å². The molecule has 0 aromatic heterocycles. The van der Waals surface area contributed by atoms with E-state index in [0.29, 0.717) is 25.5 Å². The Labute approximate surface area is 115 Å². The van der Waals surface area contributed by atoms with Gasteiger partial charge in [0.05, 0.1) is 6.61 Å². The number of carbonyl (C=O) groups excluding carboxylic acids is 1. The zero-order valence-electron chi connectivity index (χ0n) is 12.0. The van der Waals surface area contributed by atoms with E-state index in [1.165, 1.54) is 12.8 Å². The second-order valence-corrected chi connectivity index (χ2v) is 6.01. The number of hydrogen-bond acceptors (Lipinski definition) is 4. The zero-order chi connectivity index (χ0) is 13.7. The smallest absolute Gasteiger partial charge is 0.220 e. The minimum Gasteiger partial charge on any atom is -0.353 e. The Morgan fingerprint density at radius 1 is 1.47 bits per heavy atom. The van der Waals surface area contributed by atoms with Crippen LogP contribution in [0.15, 0.2) is 0 Å². The Morgan fingerprint density at radius 2 is 2.32 bits per heavy atom. The van der Waals surface area contributed by atoms with Gasteiger partial charge in [-0.25, -0.2) is 0 Å². The highest BCUT2D eigenvalue weighted by molar-refractivity contribution is 5.75. The summed E-state index contributed by atoms with van der Waals surface area (Å²) in [7, 11) is 0. The molecular weight excluding hydrogens is 244 g/mol. The average Bonchev–Trinajstić information content (AvgIpc) is 2.75. The van der Waals surface area contributed by atoms with Crippen LogP contribution in [0.5, 0.6) is 0 Å². The Kier molecular flexibility index (Phi) is 5.19. The predicted octanol–water partition coefficient (Wildman–Crippen LogP) is 1.03. The van der Waals surface area contributed by atoms with Crippen LogP contribution in [0.4, 0.5) is 0 Å². The van der Waals surface area contributed by atoms with Gasteiger partial charge in [0.15, 0.2) is 5.79 Å². The monoisotopic (exact) mass is 270 g/mol. The Bertz CT molecular complexity index is 301. The molecule has 0 spiro atoms. The maximum absolute atomic E-state index is 11.8. The molecule has 0 aromatic rings. The van der Waals surface area contributed by atoms with Gasteiger partial charge in [-0.2, -0.15) is 0 Å². The Balaban J connectivity index is 1.57. The lowest BCUT2D eigenvalue weighted by Crippen LogP contribution is -2.35. The van der Waals surface area contributed by atoms with Crippen molar-refractivity contribution >= 4 is 5.91 Å². The molecule has 0 aromatic carbocycles. The van der Waals surface area contributed by atoms with E-state index in [1.54, 1.807) is 0 Å². The van der Waals surface area contributed by atoms with E-state index in [0.717, 1.165) is 19.5 Å². The molecule has 0 radical (unpaired) electrons. The minimum absolute atomic E-state index is 0.0182.